The lowest BCUT2D eigenvalue weighted by atomic mass is 9.66. The number of allylic oxidation sites excluding steroid dienone is 1. The van der Waals surface area contributed by atoms with Crippen molar-refractivity contribution in [2.24, 2.45) is 16.7 Å². The summed E-state index contributed by atoms with van der Waals surface area (Å²) in [6.45, 7) is 23.9. The summed E-state index contributed by atoms with van der Waals surface area (Å²) in [6.07, 6.45) is -3.98. The minimum atomic E-state index is -4.84. The van der Waals surface area contributed by atoms with Crippen LogP contribution in [0.2, 0.25) is 0 Å². The van der Waals surface area contributed by atoms with Crippen molar-refractivity contribution in [2.75, 3.05) is 13.2 Å². The molecular weight excluding hydrogens is 574 g/mol. The van der Waals surface area contributed by atoms with Crippen LogP contribution < -0.4 is 5.48 Å². The van der Waals surface area contributed by atoms with Crippen molar-refractivity contribution in [3.05, 3.63) is 74.9 Å². The summed E-state index contributed by atoms with van der Waals surface area (Å²) in [5, 5.41) is 12.7. The quantitative estimate of drug-likeness (QED) is 0.262. The van der Waals surface area contributed by atoms with E-state index in [0.717, 1.165) is 28.9 Å². The zero-order valence-corrected chi connectivity index (χ0v) is 27.6. The number of benzene rings is 1. The third-order valence-corrected chi connectivity index (χ3v) is 9.86. The molecule has 2 aliphatic heterocycles. The maximum Gasteiger partial charge on any atom is 0.419 e. The molecule has 9 heteroatoms. The Kier molecular flexibility index (Phi) is 9.35. The van der Waals surface area contributed by atoms with Gasteiger partial charge in [-0.1, -0.05) is 61.1 Å². The Bertz CT molecular complexity index is 1330. The normalized spacial score (nSPS) is 27.3. The number of hydrogen-bond donors (Lipinski definition) is 1. The second-order valence-electron chi connectivity index (χ2n) is 15.2. The average molecular weight is 623 g/mol. The zero-order chi connectivity index (χ0) is 33.0. The Hall–Kier alpha value is -2.20. The Labute approximate surface area is 259 Å². The van der Waals surface area contributed by atoms with Crippen LogP contribution in [0.4, 0.5) is 17.6 Å². The number of hydroxylamine groups is 1. The molecule has 4 rings (SSSR count). The van der Waals surface area contributed by atoms with Gasteiger partial charge in [0.2, 0.25) is 0 Å². The number of ether oxygens (including phenoxy) is 3. The van der Waals surface area contributed by atoms with E-state index in [4.69, 9.17) is 14.2 Å². The minimum absolute atomic E-state index is 0.125. The van der Waals surface area contributed by atoms with E-state index >= 15 is 4.39 Å². The van der Waals surface area contributed by atoms with E-state index in [1.165, 1.54) is 6.07 Å². The van der Waals surface area contributed by atoms with E-state index in [1.807, 2.05) is 13.8 Å². The van der Waals surface area contributed by atoms with Gasteiger partial charge in [0.15, 0.2) is 0 Å². The fourth-order valence-electron chi connectivity index (χ4n) is 6.65. The summed E-state index contributed by atoms with van der Waals surface area (Å²) in [5.41, 5.74) is 2.52. The predicted molar refractivity (Wildman–Crippen MR) is 164 cm³/mol. The fraction of sp³-hybridized carbons (Fsp3) is 0.657. The van der Waals surface area contributed by atoms with Crippen LogP contribution in [0.3, 0.4) is 0 Å². The van der Waals surface area contributed by atoms with Crippen molar-refractivity contribution in [2.45, 2.75) is 118 Å². The predicted octanol–water partition coefficient (Wildman–Crippen LogP) is 9.35. The summed E-state index contributed by atoms with van der Waals surface area (Å²) in [4.78, 5) is 0. The summed E-state index contributed by atoms with van der Waals surface area (Å²) in [6, 6.07) is 2.87. The lowest BCUT2D eigenvalue weighted by molar-refractivity contribution is -0.140. The van der Waals surface area contributed by atoms with Gasteiger partial charge in [-0.15, -0.1) is 0 Å². The van der Waals surface area contributed by atoms with Gasteiger partial charge in [0.1, 0.15) is 11.9 Å². The van der Waals surface area contributed by atoms with E-state index in [-0.39, 0.29) is 22.3 Å². The molecule has 3 fully saturated rings. The van der Waals surface area contributed by atoms with E-state index < -0.39 is 41.0 Å². The second kappa shape index (κ2) is 11.9. The van der Waals surface area contributed by atoms with Crippen LogP contribution in [0.25, 0.3) is 0 Å². The maximum absolute atomic E-state index is 15.0. The molecule has 1 aromatic rings. The molecule has 0 radical (unpaired) electrons. The van der Waals surface area contributed by atoms with Gasteiger partial charge in [-0.05, 0) is 77.9 Å². The first-order valence-electron chi connectivity index (χ1n) is 15.5. The van der Waals surface area contributed by atoms with E-state index in [1.54, 1.807) is 0 Å². The number of halogens is 4. The highest BCUT2D eigenvalue weighted by Crippen LogP contribution is 2.58. The van der Waals surface area contributed by atoms with Crippen LogP contribution in [0.15, 0.2) is 52.8 Å². The van der Waals surface area contributed by atoms with Gasteiger partial charge in [0.05, 0.1) is 22.9 Å². The second-order valence-corrected chi connectivity index (χ2v) is 15.2. The largest absolute Gasteiger partial charge is 0.761 e. The lowest BCUT2D eigenvalue weighted by Crippen LogP contribution is -2.47. The molecule has 5 nitrogen and oxygen atoms in total. The highest BCUT2D eigenvalue weighted by atomic mass is 19.4. The lowest BCUT2D eigenvalue weighted by Gasteiger charge is -2.48. The molecule has 0 bridgehead atoms. The van der Waals surface area contributed by atoms with Crippen LogP contribution in [0.5, 0.6) is 0 Å². The van der Waals surface area contributed by atoms with E-state index in [2.05, 4.69) is 60.5 Å². The van der Waals surface area contributed by atoms with Crippen molar-refractivity contribution in [1.82, 2.24) is 5.48 Å². The summed E-state index contributed by atoms with van der Waals surface area (Å²) in [5.74, 6) is -1.68. The topological polar surface area (TPSA) is 62.8 Å². The molecule has 2 unspecified atom stereocenters. The van der Waals surface area contributed by atoms with Crippen molar-refractivity contribution < 1.29 is 31.8 Å². The number of alkyl halides is 3. The molecule has 2 saturated heterocycles. The Morgan fingerprint density at radius 2 is 1.70 bits per heavy atom. The van der Waals surface area contributed by atoms with Crippen LogP contribution in [0.1, 0.15) is 105 Å². The fourth-order valence-corrected chi connectivity index (χ4v) is 6.65. The van der Waals surface area contributed by atoms with Crippen LogP contribution in [0, 0.1) is 27.8 Å². The van der Waals surface area contributed by atoms with Crippen molar-refractivity contribution in [3.63, 3.8) is 0 Å². The van der Waals surface area contributed by atoms with Crippen molar-refractivity contribution >= 4 is 0 Å². The molecule has 1 N–H and O–H groups in total. The molecule has 44 heavy (non-hydrogen) atoms. The number of hydrogen-bond acceptors (Lipinski definition) is 5. The maximum atomic E-state index is 15.0. The van der Waals surface area contributed by atoms with Crippen LogP contribution in [-0.2, 0) is 20.4 Å². The van der Waals surface area contributed by atoms with Gasteiger partial charge in [-0.25, -0.2) is 4.39 Å². The molecule has 0 amide bonds. The molecule has 1 saturated carbocycles. The smallest absolute Gasteiger partial charge is 0.419 e. The third kappa shape index (κ3) is 6.53. The monoisotopic (exact) mass is 622 g/mol. The van der Waals surface area contributed by atoms with Crippen molar-refractivity contribution in [1.29, 1.82) is 0 Å². The minimum Gasteiger partial charge on any atom is -0.761 e. The summed E-state index contributed by atoms with van der Waals surface area (Å²) < 4.78 is 75.2. The molecule has 1 spiro atoms. The Morgan fingerprint density at radius 1 is 1.09 bits per heavy atom. The molecule has 1 aromatic carbocycles. The third-order valence-electron chi connectivity index (χ3n) is 9.86. The molecule has 3 aliphatic rings. The highest BCUT2D eigenvalue weighted by molar-refractivity contribution is 5.59. The Balaban J connectivity index is 2.06. The molecule has 2 heterocycles. The molecule has 0 aromatic heterocycles. The number of nitrogens with one attached hydrogen (secondary N) is 1. The standard InChI is InChI=1S/C35H48F4NO4/c1-20(2)29(40-41)27-28(26-21(3)18-32(7,8)19-25(26)43-33(9,10)31(4,5)6)34(13-15-42-16-14-34)44-30(27)22-11-12-23(24(36)17-22)35(37,38)39/h11-12,17,20,25,30,40H,3,13-16,18-19H2,1-2,4-10H3/q-1/b28-26-,29-27+. The average Bonchev–Trinajstić information content (AvgIpc) is 3.15. The van der Waals surface area contributed by atoms with Gasteiger partial charge in [-0.3, -0.25) is 0 Å². The molecule has 246 valence electrons. The van der Waals surface area contributed by atoms with Crippen LogP contribution in [-0.4, -0.2) is 30.5 Å². The first-order valence-corrected chi connectivity index (χ1v) is 15.5. The first-order chi connectivity index (χ1) is 20.1. The number of rotatable bonds is 5. The van der Waals surface area contributed by atoms with Crippen LogP contribution >= 0.6 is 0 Å². The van der Waals surface area contributed by atoms with Gasteiger partial charge in [-0.2, -0.15) is 13.2 Å². The van der Waals surface area contributed by atoms with Gasteiger partial charge >= 0.3 is 6.18 Å². The van der Waals surface area contributed by atoms with Gasteiger partial charge < -0.3 is 24.9 Å². The zero-order valence-electron chi connectivity index (χ0n) is 27.6. The molecule has 2 atom stereocenters. The van der Waals surface area contributed by atoms with E-state index in [0.29, 0.717) is 50.2 Å². The highest BCUT2D eigenvalue weighted by Gasteiger charge is 2.54. The van der Waals surface area contributed by atoms with Gasteiger partial charge in [0.25, 0.3) is 0 Å². The van der Waals surface area contributed by atoms with E-state index in [9.17, 15) is 18.4 Å². The summed E-state index contributed by atoms with van der Waals surface area (Å²) >= 11 is 0. The Morgan fingerprint density at radius 3 is 2.20 bits per heavy atom. The first kappa shape index (κ1) is 34.7. The van der Waals surface area contributed by atoms with Crippen molar-refractivity contribution in [3.8, 4) is 0 Å². The molecule has 1 aliphatic carbocycles. The summed E-state index contributed by atoms with van der Waals surface area (Å²) in [7, 11) is 0. The SMILES string of the molecule is C=C1CC(C)(C)CC(OC(C)(C)C(C)(C)C)/C1=C1/C(=C(\N[O-])C(C)C)C(c2ccc(C(F)(F)F)c(F)c2)OC12CCOCC2. The molecular formula is C35H48F4NO4-. The van der Waals surface area contributed by atoms with Gasteiger partial charge in [0, 0.05) is 37.3 Å².